The second kappa shape index (κ2) is 9.24. The molecule has 3 aromatic rings. The standard InChI is InChI=1S/C31H25Br2NO5/c1-17(2)26(29(38)39-16-23(35)18-10-4-3-5-11-18)34-27(36)24-25(28(34)37)31(33)20-13-7-6-12-19(20)30(24,32)21-14-8-9-15-22(21)31/h3-15,17,24-26H,16H2,1-2H3. The molecule has 8 heteroatoms. The molecular weight excluding hydrogens is 626 g/mol. The second-order valence-corrected chi connectivity index (χ2v) is 13.1. The first-order valence-electron chi connectivity index (χ1n) is 12.8. The first-order valence-corrected chi connectivity index (χ1v) is 14.4. The predicted molar refractivity (Wildman–Crippen MR) is 151 cm³/mol. The maximum atomic E-state index is 14.3. The molecule has 7 rings (SSSR count). The third-order valence-corrected chi connectivity index (χ3v) is 10.9. The van der Waals surface area contributed by atoms with Crippen molar-refractivity contribution in [2.24, 2.45) is 17.8 Å². The summed E-state index contributed by atoms with van der Waals surface area (Å²) in [6, 6.07) is 23.0. The fourth-order valence-corrected chi connectivity index (χ4v) is 8.87. The van der Waals surface area contributed by atoms with E-state index in [1.54, 1.807) is 44.2 Å². The van der Waals surface area contributed by atoms with E-state index in [1.807, 2.05) is 48.5 Å². The van der Waals surface area contributed by atoms with Gasteiger partial charge in [0.05, 0.1) is 20.5 Å². The van der Waals surface area contributed by atoms with Gasteiger partial charge in [0.2, 0.25) is 11.8 Å². The van der Waals surface area contributed by atoms with Crippen molar-refractivity contribution in [2.75, 3.05) is 6.61 Å². The van der Waals surface area contributed by atoms with Crippen LogP contribution in [-0.2, 0) is 27.8 Å². The summed E-state index contributed by atoms with van der Waals surface area (Å²) in [5.74, 6) is -3.99. The van der Waals surface area contributed by atoms with E-state index in [1.165, 1.54) is 0 Å². The van der Waals surface area contributed by atoms with Gasteiger partial charge in [0.1, 0.15) is 6.04 Å². The van der Waals surface area contributed by atoms with Crippen molar-refractivity contribution in [2.45, 2.75) is 28.5 Å². The van der Waals surface area contributed by atoms with Gasteiger partial charge in [-0.25, -0.2) is 4.79 Å². The molecule has 1 fully saturated rings. The number of rotatable bonds is 6. The monoisotopic (exact) mass is 649 g/mol. The van der Waals surface area contributed by atoms with Crippen LogP contribution in [0.3, 0.4) is 0 Å². The largest absolute Gasteiger partial charge is 0.456 e. The van der Waals surface area contributed by atoms with Gasteiger partial charge in [-0.15, -0.1) is 0 Å². The van der Waals surface area contributed by atoms with E-state index in [0.717, 1.165) is 27.2 Å². The highest BCUT2D eigenvalue weighted by molar-refractivity contribution is 9.10. The van der Waals surface area contributed by atoms with E-state index in [-0.39, 0.29) is 5.78 Å². The van der Waals surface area contributed by atoms with Gasteiger partial charge in [0.15, 0.2) is 12.4 Å². The van der Waals surface area contributed by atoms with Crippen LogP contribution < -0.4 is 0 Å². The minimum absolute atomic E-state index is 0.359. The number of esters is 1. The third-order valence-electron chi connectivity index (χ3n) is 8.21. The van der Waals surface area contributed by atoms with Gasteiger partial charge in [0, 0.05) is 5.56 Å². The molecule has 0 spiro atoms. The summed E-state index contributed by atoms with van der Waals surface area (Å²) in [7, 11) is 0. The van der Waals surface area contributed by atoms with E-state index >= 15 is 0 Å². The van der Waals surface area contributed by atoms with Gasteiger partial charge in [0.25, 0.3) is 0 Å². The summed E-state index contributed by atoms with van der Waals surface area (Å²) >= 11 is 7.95. The Morgan fingerprint density at radius 1 is 0.769 bits per heavy atom. The molecule has 3 unspecified atom stereocenters. The van der Waals surface area contributed by atoms with Crippen LogP contribution in [0.2, 0.25) is 0 Å². The highest BCUT2D eigenvalue weighted by Gasteiger charge is 2.73. The number of ether oxygens (including phenoxy) is 1. The second-order valence-electron chi connectivity index (χ2n) is 10.6. The number of likely N-dealkylation sites (tertiary alicyclic amines) is 1. The van der Waals surface area contributed by atoms with Crippen molar-refractivity contribution in [3.63, 3.8) is 0 Å². The van der Waals surface area contributed by atoms with Crippen LogP contribution in [0, 0.1) is 17.8 Å². The van der Waals surface area contributed by atoms with Crippen LogP contribution in [0.25, 0.3) is 0 Å². The van der Waals surface area contributed by atoms with Gasteiger partial charge < -0.3 is 4.74 Å². The third kappa shape index (κ3) is 3.50. The first kappa shape index (κ1) is 26.1. The van der Waals surface area contributed by atoms with Crippen molar-refractivity contribution in [1.82, 2.24) is 4.90 Å². The van der Waals surface area contributed by atoms with Gasteiger partial charge in [-0.3, -0.25) is 19.3 Å². The lowest BCUT2D eigenvalue weighted by atomic mass is 9.54. The molecule has 0 saturated carbocycles. The van der Waals surface area contributed by atoms with Crippen LogP contribution in [0.5, 0.6) is 0 Å². The quantitative estimate of drug-likeness (QED) is 0.156. The Morgan fingerprint density at radius 2 is 1.18 bits per heavy atom. The number of alkyl halides is 2. The number of carbonyl (C=O) groups is 4. The number of Topliss-reactive ketones (excluding diaryl/α,β-unsaturated/α-hetero) is 1. The number of ketones is 1. The molecule has 2 bridgehead atoms. The Morgan fingerprint density at radius 3 is 1.59 bits per heavy atom. The number of carbonyl (C=O) groups excluding carboxylic acids is 4. The lowest BCUT2D eigenvalue weighted by molar-refractivity contribution is -0.160. The molecule has 0 N–H and O–H groups in total. The molecule has 1 heterocycles. The molecule has 3 aliphatic carbocycles. The predicted octanol–water partition coefficient (Wildman–Crippen LogP) is 5.34. The van der Waals surface area contributed by atoms with E-state index < -0.39 is 56.8 Å². The molecule has 3 aromatic carbocycles. The zero-order chi connectivity index (χ0) is 27.7. The normalized spacial score (nSPS) is 27.2. The van der Waals surface area contributed by atoms with E-state index in [4.69, 9.17) is 4.74 Å². The first-order chi connectivity index (χ1) is 18.6. The van der Waals surface area contributed by atoms with Crippen molar-refractivity contribution < 1.29 is 23.9 Å². The number of nitrogens with zero attached hydrogens (tertiary/aromatic N) is 1. The Hall–Kier alpha value is -3.10. The fraction of sp³-hybridized carbons (Fsp3) is 0.290. The van der Waals surface area contributed by atoms with Crippen molar-refractivity contribution in [3.8, 4) is 0 Å². The maximum absolute atomic E-state index is 14.3. The number of amides is 2. The highest BCUT2D eigenvalue weighted by Crippen LogP contribution is 2.70. The number of imide groups is 1. The number of halogens is 2. The molecule has 198 valence electrons. The number of benzene rings is 3. The molecule has 4 aliphatic rings. The minimum Gasteiger partial charge on any atom is -0.456 e. The summed E-state index contributed by atoms with van der Waals surface area (Å²) in [4.78, 5) is 55.7. The summed E-state index contributed by atoms with van der Waals surface area (Å²) < 4.78 is 3.53. The molecule has 6 nitrogen and oxygen atoms in total. The SMILES string of the molecule is CC(C)C(C(=O)OCC(=O)c1ccccc1)N1C(=O)C2C(C1=O)C1(Br)c3ccccc3C2(Br)c2ccccc21. The van der Waals surface area contributed by atoms with E-state index in [9.17, 15) is 19.2 Å². The van der Waals surface area contributed by atoms with Crippen LogP contribution in [0.1, 0.15) is 46.5 Å². The maximum Gasteiger partial charge on any atom is 0.330 e. The molecule has 2 amide bonds. The molecule has 39 heavy (non-hydrogen) atoms. The number of hydrogen-bond acceptors (Lipinski definition) is 5. The van der Waals surface area contributed by atoms with Crippen molar-refractivity contribution in [3.05, 3.63) is 107 Å². The van der Waals surface area contributed by atoms with Crippen LogP contribution in [0.15, 0.2) is 78.9 Å². The Kier molecular flexibility index (Phi) is 6.19. The summed E-state index contributed by atoms with van der Waals surface area (Å²) in [6.45, 7) is 3.05. The lowest BCUT2D eigenvalue weighted by Crippen LogP contribution is -2.56. The smallest absolute Gasteiger partial charge is 0.330 e. The minimum atomic E-state index is -1.17. The summed E-state index contributed by atoms with van der Waals surface area (Å²) in [6.07, 6.45) is 0. The van der Waals surface area contributed by atoms with Gasteiger partial charge >= 0.3 is 5.97 Å². The van der Waals surface area contributed by atoms with E-state index in [2.05, 4.69) is 31.9 Å². The zero-order valence-corrected chi connectivity index (χ0v) is 24.4. The van der Waals surface area contributed by atoms with Crippen LogP contribution >= 0.6 is 31.9 Å². The number of hydrogen-bond donors (Lipinski definition) is 0. The van der Waals surface area contributed by atoms with Gasteiger partial charge in [-0.1, -0.05) is 125 Å². The van der Waals surface area contributed by atoms with Gasteiger partial charge in [-0.2, -0.15) is 0 Å². The molecular formula is C31H25Br2NO5. The van der Waals surface area contributed by atoms with Crippen LogP contribution in [-0.4, -0.2) is 41.1 Å². The molecule has 0 aromatic heterocycles. The zero-order valence-electron chi connectivity index (χ0n) is 21.3. The van der Waals surface area contributed by atoms with Crippen molar-refractivity contribution in [1.29, 1.82) is 0 Å². The molecule has 1 saturated heterocycles. The highest BCUT2D eigenvalue weighted by atomic mass is 79.9. The lowest BCUT2D eigenvalue weighted by Gasteiger charge is -2.55. The van der Waals surface area contributed by atoms with Crippen molar-refractivity contribution >= 4 is 55.4 Å². The van der Waals surface area contributed by atoms with Crippen LogP contribution in [0.4, 0.5) is 0 Å². The molecule has 1 aliphatic heterocycles. The fourth-order valence-electron chi connectivity index (χ4n) is 6.57. The summed E-state index contributed by atoms with van der Waals surface area (Å²) in [5, 5.41) is 0. The molecule has 0 radical (unpaired) electrons. The van der Waals surface area contributed by atoms with E-state index in [0.29, 0.717) is 5.56 Å². The van der Waals surface area contributed by atoms with Gasteiger partial charge in [-0.05, 0) is 28.2 Å². The Bertz CT molecular complexity index is 1410. The Balaban J connectivity index is 1.39. The summed E-state index contributed by atoms with van der Waals surface area (Å²) in [5.41, 5.74) is 4.09. The Labute approximate surface area is 243 Å². The average molecular weight is 651 g/mol. The molecule has 3 atom stereocenters. The average Bonchev–Trinajstić information content (AvgIpc) is 3.21. The topological polar surface area (TPSA) is 80.8 Å².